The van der Waals surface area contributed by atoms with Crippen LogP contribution in [0.5, 0.6) is 0 Å². The van der Waals surface area contributed by atoms with Crippen molar-refractivity contribution in [3.63, 3.8) is 0 Å². The second-order valence-corrected chi connectivity index (χ2v) is 6.26. The van der Waals surface area contributed by atoms with Gasteiger partial charge in [0.2, 0.25) is 0 Å². The molecule has 1 rings (SSSR count). The first kappa shape index (κ1) is 19.5. The summed E-state index contributed by atoms with van der Waals surface area (Å²) in [5.41, 5.74) is 3.74. The molecule has 0 spiro atoms. The zero-order chi connectivity index (χ0) is 17.3. The molecule has 4 heteroatoms. The van der Waals surface area contributed by atoms with Gasteiger partial charge in [0.1, 0.15) is 5.60 Å². The first-order valence-corrected chi connectivity index (χ1v) is 8.84. The SMILES string of the molecule is CCCCC(O)(CCCC)C(=O)NN(CC)c1ccc(C)cc1. The molecule has 0 saturated carbocycles. The average molecular weight is 320 g/mol. The van der Waals surface area contributed by atoms with Crippen LogP contribution in [-0.2, 0) is 4.79 Å². The largest absolute Gasteiger partial charge is 0.380 e. The van der Waals surface area contributed by atoms with Crippen molar-refractivity contribution in [3.05, 3.63) is 29.8 Å². The van der Waals surface area contributed by atoms with Crippen LogP contribution in [0.25, 0.3) is 0 Å². The molecule has 0 aliphatic carbocycles. The van der Waals surface area contributed by atoms with Gasteiger partial charge in [-0.15, -0.1) is 0 Å². The highest BCUT2D eigenvalue weighted by Crippen LogP contribution is 2.23. The molecule has 23 heavy (non-hydrogen) atoms. The van der Waals surface area contributed by atoms with Crippen molar-refractivity contribution in [3.8, 4) is 0 Å². The van der Waals surface area contributed by atoms with E-state index in [4.69, 9.17) is 0 Å². The fourth-order valence-electron chi connectivity index (χ4n) is 2.57. The number of hydrazine groups is 1. The monoisotopic (exact) mass is 320 g/mol. The second-order valence-electron chi connectivity index (χ2n) is 6.26. The molecule has 0 bridgehead atoms. The molecule has 0 aliphatic rings. The van der Waals surface area contributed by atoms with E-state index >= 15 is 0 Å². The van der Waals surface area contributed by atoms with Crippen molar-refractivity contribution in [2.45, 2.75) is 71.8 Å². The predicted molar refractivity (Wildman–Crippen MR) is 96.3 cm³/mol. The van der Waals surface area contributed by atoms with Crippen molar-refractivity contribution >= 4 is 11.6 Å². The van der Waals surface area contributed by atoms with Crippen molar-refractivity contribution in [2.75, 3.05) is 11.6 Å². The number of aliphatic hydroxyl groups is 1. The molecule has 4 nitrogen and oxygen atoms in total. The molecule has 0 atom stereocenters. The zero-order valence-electron chi connectivity index (χ0n) is 15.1. The molecule has 2 N–H and O–H groups in total. The summed E-state index contributed by atoms with van der Waals surface area (Å²) in [6, 6.07) is 8.00. The molecular weight excluding hydrogens is 288 g/mol. The second kappa shape index (κ2) is 9.56. The summed E-state index contributed by atoms with van der Waals surface area (Å²) in [5, 5.41) is 12.6. The Hall–Kier alpha value is -1.55. The quantitative estimate of drug-likeness (QED) is 0.642. The summed E-state index contributed by atoms with van der Waals surface area (Å²) >= 11 is 0. The Labute approximate surface area is 140 Å². The molecule has 0 aromatic heterocycles. The number of rotatable bonds is 10. The average Bonchev–Trinajstić information content (AvgIpc) is 2.56. The van der Waals surface area contributed by atoms with Crippen molar-refractivity contribution in [1.82, 2.24) is 5.43 Å². The summed E-state index contributed by atoms with van der Waals surface area (Å²) in [6.07, 6.45) is 4.67. The number of aryl methyl sites for hydroxylation is 1. The number of benzene rings is 1. The van der Waals surface area contributed by atoms with Crippen LogP contribution in [0.1, 0.15) is 64.9 Å². The van der Waals surface area contributed by atoms with Gasteiger partial charge >= 0.3 is 0 Å². The van der Waals surface area contributed by atoms with Crippen LogP contribution in [-0.4, -0.2) is 23.2 Å². The van der Waals surface area contributed by atoms with E-state index in [9.17, 15) is 9.90 Å². The normalized spacial score (nSPS) is 11.3. The molecule has 0 saturated heterocycles. The zero-order valence-corrected chi connectivity index (χ0v) is 15.1. The minimum absolute atomic E-state index is 0.290. The van der Waals surface area contributed by atoms with Gasteiger partial charge in [0.15, 0.2) is 0 Å². The summed E-state index contributed by atoms with van der Waals surface area (Å²) in [7, 11) is 0. The van der Waals surface area contributed by atoms with E-state index in [2.05, 4.69) is 19.3 Å². The van der Waals surface area contributed by atoms with Crippen LogP contribution in [0, 0.1) is 6.92 Å². The van der Waals surface area contributed by atoms with Crippen molar-refractivity contribution in [2.24, 2.45) is 0 Å². The van der Waals surface area contributed by atoms with Gasteiger partial charge in [-0.1, -0.05) is 57.2 Å². The van der Waals surface area contributed by atoms with E-state index in [0.29, 0.717) is 19.4 Å². The lowest BCUT2D eigenvalue weighted by Crippen LogP contribution is -2.53. The number of hydrogen-bond donors (Lipinski definition) is 2. The number of anilines is 1. The van der Waals surface area contributed by atoms with Gasteiger partial charge in [0.25, 0.3) is 5.91 Å². The Morgan fingerprint density at radius 2 is 1.61 bits per heavy atom. The number of nitrogens with one attached hydrogen (secondary N) is 1. The Bertz CT molecular complexity index is 463. The fourth-order valence-corrected chi connectivity index (χ4v) is 2.57. The fraction of sp³-hybridized carbons (Fsp3) is 0.632. The first-order chi connectivity index (χ1) is 11.0. The molecule has 0 unspecified atom stereocenters. The Morgan fingerprint density at radius 3 is 2.04 bits per heavy atom. The molecule has 1 amide bonds. The molecular formula is C19H32N2O2. The minimum Gasteiger partial charge on any atom is -0.380 e. The third kappa shape index (κ3) is 5.87. The number of carbonyl (C=O) groups is 1. The van der Waals surface area contributed by atoms with Crippen LogP contribution < -0.4 is 10.4 Å². The molecule has 0 radical (unpaired) electrons. The molecule has 130 valence electrons. The summed E-state index contributed by atoms with van der Waals surface area (Å²) in [4.78, 5) is 12.7. The van der Waals surface area contributed by atoms with Crippen molar-refractivity contribution in [1.29, 1.82) is 0 Å². The summed E-state index contributed by atoms with van der Waals surface area (Å²) in [5.74, 6) is -0.290. The predicted octanol–water partition coefficient (Wildman–Crippen LogP) is 3.96. The van der Waals surface area contributed by atoms with Crippen LogP contribution >= 0.6 is 0 Å². The van der Waals surface area contributed by atoms with Crippen LogP contribution in [0.15, 0.2) is 24.3 Å². The standard InChI is InChI=1S/C19H32N2O2/c1-5-8-14-19(23,15-9-6-2)18(22)20-21(7-3)17-12-10-16(4)11-13-17/h10-13,23H,5-9,14-15H2,1-4H3,(H,20,22). The van der Waals surface area contributed by atoms with E-state index in [1.807, 2.05) is 38.1 Å². The van der Waals surface area contributed by atoms with Crippen LogP contribution in [0.3, 0.4) is 0 Å². The van der Waals surface area contributed by atoms with Gasteiger partial charge in [-0.25, -0.2) is 0 Å². The highest BCUT2D eigenvalue weighted by molar-refractivity contribution is 5.86. The number of unbranched alkanes of at least 4 members (excludes halogenated alkanes) is 2. The summed E-state index contributed by atoms with van der Waals surface area (Å²) in [6.45, 7) is 8.81. The molecule has 0 aliphatic heterocycles. The number of carbonyl (C=O) groups excluding carboxylic acids is 1. The number of amides is 1. The molecule has 1 aromatic carbocycles. The maximum atomic E-state index is 12.7. The van der Waals surface area contributed by atoms with E-state index < -0.39 is 5.60 Å². The lowest BCUT2D eigenvalue weighted by atomic mass is 9.90. The number of nitrogens with zero attached hydrogens (tertiary/aromatic N) is 1. The van der Waals surface area contributed by atoms with Gasteiger partial charge in [0.05, 0.1) is 5.69 Å². The van der Waals surface area contributed by atoms with E-state index in [0.717, 1.165) is 31.4 Å². The lowest BCUT2D eigenvalue weighted by molar-refractivity contribution is -0.141. The van der Waals surface area contributed by atoms with E-state index in [1.165, 1.54) is 5.56 Å². The maximum Gasteiger partial charge on any atom is 0.270 e. The maximum absolute atomic E-state index is 12.7. The van der Waals surface area contributed by atoms with E-state index in [1.54, 1.807) is 5.01 Å². The van der Waals surface area contributed by atoms with Gasteiger partial charge in [-0.3, -0.25) is 15.2 Å². The smallest absolute Gasteiger partial charge is 0.270 e. The topological polar surface area (TPSA) is 52.6 Å². The lowest BCUT2D eigenvalue weighted by Gasteiger charge is -2.32. The first-order valence-electron chi connectivity index (χ1n) is 8.84. The third-order valence-corrected chi connectivity index (χ3v) is 4.21. The Morgan fingerprint density at radius 1 is 1.09 bits per heavy atom. The highest BCUT2D eigenvalue weighted by atomic mass is 16.3. The molecule has 0 heterocycles. The van der Waals surface area contributed by atoms with Crippen LogP contribution in [0.2, 0.25) is 0 Å². The van der Waals surface area contributed by atoms with Gasteiger partial charge in [-0.2, -0.15) is 0 Å². The van der Waals surface area contributed by atoms with Gasteiger partial charge in [-0.05, 0) is 38.8 Å². The highest BCUT2D eigenvalue weighted by Gasteiger charge is 2.35. The summed E-state index contributed by atoms with van der Waals surface area (Å²) < 4.78 is 0. The number of hydrogen-bond acceptors (Lipinski definition) is 3. The molecule has 0 fully saturated rings. The van der Waals surface area contributed by atoms with Gasteiger partial charge in [0, 0.05) is 6.54 Å². The molecule has 1 aromatic rings. The van der Waals surface area contributed by atoms with Crippen molar-refractivity contribution < 1.29 is 9.90 Å². The van der Waals surface area contributed by atoms with E-state index in [-0.39, 0.29) is 5.91 Å². The minimum atomic E-state index is -1.27. The van der Waals surface area contributed by atoms with Gasteiger partial charge < -0.3 is 5.11 Å². The van der Waals surface area contributed by atoms with Crippen LogP contribution in [0.4, 0.5) is 5.69 Å². The third-order valence-electron chi connectivity index (χ3n) is 4.21. The Kier molecular flexibility index (Phi) is 8.10. The Balaban J connectivity index is 2.83.